The van der Waals surface area contributed by atoms with E-state index in [1.807, 2.05) is 6.07 Å². The second-order valence-corrected chi connectivity index (χ2v) is 6.32. The van der Waals surface area contributed by atoms with Crippen LogP contribution in [0.15, 0.2) is 66.9 Å². The summed E-state index contributed by atoms with van der Waals surface area (Å²) in [5.41, 5.74) is 2.73. The number of amides is 1. The standard InChI is InChI=1S/C22H20FN3O2/c1-15(27)17-3-2-4-20(13-17)26-21-14-18(10-12-24-21)22(28)25-11-9-16-5-7-19(23)8-6-16/h2-8,10,12-14H,9,11H2,1H3,(H,24,26)(H,25,28). The Labute approximate surface area is 162 Å². The first-order valence-electron chi connectivity index (χ1n) is 8.88. The molecular formula is C22H20FN3O2. The molecule has 5 nitrogen and oxygen atoms in total. The number of benzene rings is 2. The van der Waals surface area contributed by atoms with E-state index in [1.54, 1.807) is 48.7 Å². The molecule has 28 heavy (non-hydrogen) atoms. The summed E-state index contributed by atoms with van der Waals surface area (Å²) in [6, 6.07) is 16.6. The van der Waals surface area contributed by atoms with Gasteiger partial charge in [0.25, 0.3) is 5.91 Å². The lowest BCUT2D eigenvalue weighted by molar-refractivity contribution is 0.0953. The Bertz CT molecular complexity index is 987. The molecule has 0 saturated heterocycles. The Morgan fingerprint density at radius 1 is 1.00 bits per heavy atom. The number of pyridine rings is 1. The van der Waals surface area contributed by atoms with Crippen molar-refractivity contribution < 1.29 is 14.0 Å². The maximum atomic E-state index is 12.9. The van der Waals surface area contributed by atoms with Crippen LogP contribution in [0.5, 0.6) is 0 Å². The van der Waals surface area contributed by atoms with Gasteiger partial charge in [0.05, 0.1) is 0 Å². The lowest BCUT2D eigenvalue weighted by atomic mass is 10.1. The first kappa shape index (κ1) is 19.2. The number of ketones is 1. The van der Waals surface area contributed by atoms with E-state index in [1.165, 1.54) is 19.1 Å². The number of nitrogens with zero attached hydrogens (tertiary/aromatic N) is 1. The predicted octanol–water partition coefficient (Wildman–Crippen LogP) is 4.14. The van der Waals surface area contributed by atoms with Crippen LogP contribution in [0.4, 0.5) is 15.9 Å². The van der Waals surface area contributed by atoms with Gasteiger partial charge in [0, 0.05) is 29.6 Å². The summed E-state index contributed by atoms with van der Waals surface area (Å²) in [5.74, 6) is -0.0127. The second kappa shape index (κ2) is 8.90. The molecule has 1 heterocycles. The lowest BCUT2D eigenvalue weighted by Crippen LogP contribution is -2.25. The average Bonchev–Trinajstić information content (AvgIpc) is 2.70. The fourth-order valence-electron chi connectivity index (χ4n) is 2.68. The van der Waals surface area contributed by atoms with Gasteiger partial charge in [-0.2, -0.15) is 0 Å². The van der Waals surface area contributed by atoms with Gasteiger partial charge < -0.3 is 10.6 Å². The van der Waals surface area contributed by atoms with Crippen molar-refractivity contribution in [2.45, 2.75) is 13.3 Å². The number of rotatable bonds is 7. The van der Waals surface area contributed by atoms with Crippen LogP contribution < -0.4 is 10.6 Å². The molecule has 2 N–H and O–H groups in total. The zero-order chi connectivity index (χ0) is 19.9. The van der Waals surface area contributed by atoms with Crippen LogP contribution in [0.1, 0.15) is 33.2 Å². The highest BCUT2D eigenvalue weighted by molar-refractivity contribution is 5.96. The Morgan fingerprint density at radius 3 is 2.54 bits per heavy atom. The first-order valence-corrected chi connectivity index (χ1v) is 8.88. The largest absolute Gasteiger partial charge is 0.352 e. The molecule has 1 amide bonds. The van der Waals surface area contributed by atoms with Gasteiger partial charge >= 0.3 is 0 Å². The molecule has 1 aromatic heterocycles. The zero-order valence-electron chi connectivity index (χ0n) is 15.4. The Kier molecular flexibility index (Phi) is 6.11. The monoisotopic (exact) mass is 377 g/mol. The number of carbonyl (C=O) groups excluding carboxylic acids is 2. The Balaban J connectivity index is 1.60. The maximum Gasteiger partial charge on any atom is 0.251 e. The van der Waals surface area contributed by atoms with Gasteiger partial charge in [0.15, 0.2) is 5.78 Å². The summed E-state index contributed by atoms with van der Waals surface area (Å²) in [6.07, 6.45) is 2.16. The highest BCUT2D eigenvalue weighted by Gasteiger charge is 2.08. The van der Waals surface area contributed by atoms with E-state index < -0.39 is 0 Å². The van der Waals surface area contributed by atoms with E-state index in [0.717, 1.165) is 5.56 Å². The minimum absolute atomic E-state index is 0.0223. The summed E-state index contributed by atoms with van der Waals surface area (Å²) in [6.45, 7) is 1.95. The topological polar surface area (TPSA) is 71.1 Å². The smallest absolute Gasteiger partial charge is 0.251 e. The third-order valence-electron chi connectivity index (χ3n) is 4.18. The molecule has 0 radical (unpaired) electrons. The normalized spacial score (nSPS) is 10.4. The van der Waals surface area contributed by atoms with Crippen LogP contribution in [0.3, 0.4) is 0 Å². The molecule has 0 spiro atoms. The van der Waals surface area contributed by atoms with Crippen LogP contribution >= 0.6 is 0 Å². The number of hydrogen-bond acceptors (Lipinski definition) is 4. The number of halogens is 1. The highest BCUT2D eigenvalue weighted by Crippen LogP contribution is 2.17. The second-order valence-electron chi connectivity index (χ2n) is 6.32. The minimum atomic E-state index is -0.279. The summed E-state index contributed by atoms with van der Waals surface area (Å²) in [7, 11) is 0. The number of aromatic nitrogens is 1. The summed E-state index contributed by atoms with van der Waals surface area (Å²) in [5, 5.41) is 5.95. The van der Waals surface area contributed by atoms with Crippen LogP contribution in [0.2, 0.25) is 0 Å². The molecule has 0 aliphatic heterocycles. The van der Waals surface area contributed by atoms with Gasteiger partial charge in [-0.3, -0.25) is 9.59 Å². The molecule has 0 atom stereocenters. The number of carbonyl (C=O) groups is 2. The fraction of sp³-hybridized carbons (Fsp3) is 0.136. The number of nitrogens with one attached hydrogen (secondary N) is 2. The molecule has 0 fully saturated rings. The molecule has 3 rings (SSSR count). The number of hydrogen-bond donors (Lipinski definition) is 2. The molecule has 142 valence electrons. The molecule has 0 bridgehead atoms. The van der Waals surface area contributed by atoms with E-state index in [-0.39, 0.29) is 17.5 Å². The lowest BCUT2D eigenvalue weighted by Gasteiger charge is -2.09. The fourth-order valence-corrected chi connectivity index (χ4v) is 2.68. The van der Waals surface area contributed by atoms with Gasteiger partial charge in [0.2, 0.25) is 0 Å². The summed E-state index contributed by atoms with van der Waals surface area (Å²) >= 11 is 0. The van der Waals surface area contributed by atoms with Crippen molar-refractivity contribution in [3.05, 3.63) is 89.4 Å². The van der Waals surface area contributed by atoms with E-state index in [9.17, 15) is 14.0 Å². The summed E-state index contributed by atoms with van der Waals surface area (Å²) < 4.78 is 12.9. The van der Waals surface area contributed by atoms with E-state index in [2.05, 4.69) is 15.6 Å². The quantitative estimate of drug-likeness (QED) is 0.607. The van der Waals surface area contributed by atoms with Gasteiger partial charge in [-0.15, -0.1) is 0 Å². The van der Waals surface area contributed by atoms with Gasteiger partial charge in [-0.1, -0.05) is 24.3 Å². The first-order chi connectivity index (χ1) is 13.5. The molecular weight excluding hydrogens is 357 g/mol. The predicted molar refractivity (Wildman–Crippen MR) is 106 cm³/mol. The summed E-state index contributed by atoms with van der Waals surface area (Å²) in [4.78, 5) is 28.1. The third-order valence-corrected chi connectivity index (χ3v) is 4.18. The SMILES string of the molecule is CC(=O)c1cccc(Nc2cc(C(=O)NCCc3ccc(F)cc3)ccn2)c1. The number of anilines is 2. The molecule has 0 unspecified atom stereocenters. The third kappa shape index (κ3) is 5.23. The van der Waals surface area contributed by atoms with Gasteiger partial charge in [0.1, 0.15) is 11.6 Å². The van der Waals surface area contributed by atoms with Crippen molar-refractivity contribution in [2.75, 3.05) is 11.9 Å². The molecule has 6 heteroatoms. The van der Waals surface area contributed by atoms with Crippen LogP contribution in [0.25, 0.3) is 0 Å². The van der Waals surface area contributed by atoms with Crippen molar-refractivity contribution in [1.82, 2.24) is 10.3 Å². The van der Waals surface area contributed by atoms with Crippen molar-refractivity contribution >= 4 is 23.2 Å². The zero-order valence-corrected chi connectivity index (χ0v) is 15.4. The Morgan fingerprint density at radius 2 is 1.79 bits per heavy atom. The van der Waals surface area contributed by atoms with E-state index in [4.69, 9.17) is 0 Å². The maximum absolute atomic E-state index is 12.9. The molecule has 0 aliphatic rings. The van der Waals surface area contributed by atoms with Crippen molar-refractivity contribution in [1.29, 1.82) is 0 Å². The van der Waals surface area contributed by atoms with Crippen molar-refractivity contribution in [3.8, 4) is 0 Å². The van der Waals surface area contributed by atoms with Crippen molar-refractivity contribution in [2.24, 2.45) is 0 Å². The Hall–Kier alpha value is -3.54. The van der Waals surface area contributed by atoms with E-state index >= 15 is 0 Å². The van der Waals surface area contributed by atoms with Gasteiger partial charge in [-0.05, 0) is 55.3 Å². The van der Waals surface area contributed by atoms with Crippen LogP contribution in [-0.2, 0) is 6.42 Å². The molecule has 2 aromatic carbocycles. The van der Waals surface area contributed by atoms with Gasteiger partial charge in [-0.25, -0.2) is 9.37 Å². The van der Waals surface area contributed by atoms with Crippen LogP contribution in [-0.4, -0.2) is 23.2 Å². The van der Waals surface area contributed by atoms with E-state index in [0.29, 0.717) is 35.6 Å². The molecule has 3 aromatic rings. The number of Topliss-reactive ketones (excluding diaryl/α,β-unsaturated/α-hetero) is 1. The van der Waals surface area contributed by atoms with Crippen molar-refractivity contribution in [3.63, 3.8) is 0 Å². The molecule has 0 aliphatic carbocycles. The highest BCUT2D eigenvalue weighted by atomic mass is 19.1. The van der Waals surface area contributed by atoms with Crippen LogP contribution in [0, 0.1) is 5.82 Å². The molecule has 0 saturated carbocycles. The average molecular weight is 377 g/mol. The minimum Gasteiger partial charge on any atom is -0.352 e.